The van der Waals surface area contributed by atoms with Gasteiger partial charge >= 0.3 is 0 Å². The molecular formula is C12H22N2O3S. The molecule has 2 aliphatic heterocycles. The molecule has 0 N–H and O–H groups in total. The zero-order chi connectivity index (χ0) is 13.3. The van der Waals surface area contributed by atoms with Crippen molar-refractivity contribution in [3.05, 3.63) is 0 Å². The summed E-state index contributed by atoms with van der Waals surface area (Å²) in [6.45, 7) is 6.90. The first-order valence-electron chi connectivity index (χ1n) is 6.62. The average molecular weight is 274 g/mol. The van der Waals surface area contributed by atoms with Gasteiger partial charge in [-0.1, -0.05) is 13.8 Å². The minimum absolute atomic E-state index is 0.0448. The van der Waals surface area contributed by atoms with Gasteiger partial charge in [0.15, 0.2) is 9.84 Å². The number of piperazine rings is 1. The Morgan fingerprint density at radius 2 is 1.78 bits per heavy atom. The van der Waals surface area contributed by atoms with Gasteiger partial charge in [-0.3, -0.25) is 9.69 Å². The Bertz CT molecular complexity index is 411. The molecule has 0 saturated carbocycles. The monoisotopic (exact) mass is 274 g/mol. The molecule has 18 heavy (non-hydrogen) atoms. The second kappa shape index (κ2) is 5.17. The molecule has 2 rings (SSSR count). The maximum absolute atomic E-state index is 11.8. The second-order valence-corrected chi connectivity index (χ2v) is 7.80. The number of hydrogen-bond acceptors (Lipinski definition) is 4. The molecule has 1 atom stereocenters. The summed E-state index contributed by atoms with van der Waals surface area (Å²) in [6, 6.07) is 0.173. The maximum Gasteiger partial charge on any atom is 0.225 e. The fourth-order valence-corrected chi connectivity index (χ4v) is 4.50. The molecule has 104 valence electrons. The van der Waals surface area contributed by atoms with E-state index < -0.39 is 9.84 Å². The van der Waals surface area contributed by atoms with Gasteiger partial charge in [-0.05, 0) is 6.42 Å². The van der Waals surface area contributed by atoms with Gasteiger partial charge in [0.05, 0.1) is 11.5 Å². The first-order valence-corrected chi connectivity index (χ1v) is 8.44. The van der Waals surface area contributed by atoms with Crippen LogP contribution in [0.2, 0.25) is 0 Å². The Morgan fingerprint density at radius 3 is 2.22 bits per heavy atom. The minimum atomic E-state index is -2.81. The Balaban J connectivity index is 1.86. The van der Waals surface area contributed by atoms with Gasteiger partial charge in [0.1, 0.15) is 0 Å². The third-order valence-corrected chi connectivity index (χ3v) is 5.59. The predicted octanol–water partition coefficient (Wildman–Crippen LogP) is -0.0263. The van der Waals surface area contributed by atoms with E-state index in [2.05, 4.69) is 4.90 Å². The molecule has 0 aliphatic carbocycles. The topological polar surface area (TPSA) is 57.7 Å². The molecule has 2 saturated heterocycles. The van der Waals surface area contributed by atoms with Crippen molar-refractivity contribution in [2.45, 2.75) is 26.3 Å². The summed E-state index contributed by atoms with van der Waals surface area (Å²) in [5.41, 5.74) is 0. The van der Waals surface area contributed by atoms with Crippen molar-refractivity contribution in [3.8, 4) is 0 Å². The van der Waals surface area contributed by atoms with E-state index >= 15 is 0 Å². The zero-order valence-corrected chi connectivity index (χ0v) is 11.9. The van der Waals surface area contributed by atoms with Crippen LogP contribution in [0.15, 0.2) is 0 Å². The van der Waals surface area contributed by atoms with Crippen molar-refractivity contribution in [2.24, 2.45) is 5.92 Å². The summed E-state index contributed by atoms with van der Waals surface area (Å²) in [4.78, 5) is 16.0. The van der Waals surface area contributed by atoms with E-state index in [4.69, 9.17) is 0 Å². The van der Waals surface area contributed by atoms with Crippen molar-refractivity contribution in [1.29, 1.82) is 0 Å². The number of carbonyl (C=O) groups excluding carboxylic acids is 1. The van der Waals surface area contributed by atoms with Crippen LogP contribution < -0.4 is 0 Å². The molecule has 0 bridgehead atoms. The molecular weight excluding hydrogens is 252 g/mol. The minimum Gasteiger partial charge on any atom is -0.340 e. The Hall–Kier alpha value is -0.620. The lowest BCUT2D eigenvalue weighted by Gasteiger charge is -2.38. The quantitative estimate of drug-likeness (QED) is 0.710. The summed E-state index contributed by atoms with van der Waals surface area (Å²) >= 11 is 0. The number of hydrogen-bond donors (Lipinski definition) is 0. The van der Waals surface area contributed by atoms with Crippen LogP contribution in [0.4, 0.5) is 0 Å². The van der Waals surface area contributed by atoms with Gasteiger partial charge in [0.2, 0.25) is 5.91 Å². The van der Waals surface area contributed by atoms with Gasteiger partial charge in [0.25, 0.3) is 0 Å². The molecule has 0 radical (unpaired) electrons. The molecule has 2 fully saturated rings. The van der Waals surface area contributed by atoms with Crippen LogP contribution in [0, 0.1) is 5.92 Å². The smallest absolute Gasteiger partial charge is 0.225 e. The van der Waals surface area contributed by atoms with E-state index in [1.165, 1.54) is 0 Å². The first-order chi connectivity index (χ1) is 8.39. The molecule has 0 aromatic rings. The van der Waals surface area contributed by atoms with Crippen LogP contribution >= 0.6 is 0 Å². The van der Waals surface area contributed by atoms with Crippen molar-refractivity contribution in [2.75, 3.05) is 37.7 Å². The summed E-state index contributed by atoms with van der Waals surface area (Å²) < 4.78 is 22.9. The highest BCUT2D eigenvalue weighted by atomic mass is 32.2. The van der Waals surface area contributed by atoms with Crippen molar-refractivity contribution in [1.82, 2.24) is 9.80 Å². The van der Waals surface area contributed by atoms with E-state index in [1.54, 1.807) is 0 Å². The lowest BCUT2D eigenvalue weighted by Crippen LogP contribution is -2.53. The van der Waals surface area contributed by atoms with Gasteiger partial charge in [-0.25, -0.2) is 8.42 Å². The van der Waals surface area contributed by atoms with Crippen LogP contribution in [0.25, 0.3) is 0 Å². The van der Waals surface area contributed by atoms with Crippen molar-refractivity contribution in [3.63, 3.8) is 0 Å². The van der Waals surface area contributed by atoms with Crippen LogP contribution in [-0.4, -0.2) is 67.9 Å². The highest BCUT2D eigenvalue weighted by Crippen LogP contribution is 2.19. The number of amides is 1. The van der Waals surface area contributed by atoms with Gasteiger partial charge in [0, 0.05) is 38.1 Å². The van der Waals surface area contributed by atoms with E-state index in [-0.39, 0.29) is 17.9 Å². The Labute approximate surface area is 109 Å². The predicted molar refractivity (Wildman–Crippen MR) is 70.0 cm³/mol. The first kappa shape index (κ1) is 13.8. The third kappa shape index (κ3) is 3.03. The molecule has 1 unspecified atom stereocenters. The van der Waals surface area contributed by atoms with Gasteiger partial charge < -0.3 is 4.90 Å². The van der Waals surface area contributed by atoms with Crippen LogP contribution in [-0.2, 0) is 14.6 Å². The Kier molecular flexibility index (Phi) is 3.96. The number of sulfone groups is 1. The molecule has 1 amide bonds. The number of carbonyl (C=O) groups is 1. The molecule has 0 aromatic carbocycles. The van der Waals surface area contributed by atoms with E-state index in [9.17, 15) is 13.2 Å². The highest BCUT2D eigenvalue weighted by Gasteiger charge is 2.34. The van der Waals surface area contributed by atoms with Crippen LogP contribution in [0.5, 0.6) is 0 Å². The van der Waals surface area contributed by atoms with E-state index in [0.717, 1.165) is 32.6 Å². The highest BCUT2D eigenvalue weighted by molar-refractivity contribution is 7.91. The Morgan fingerprint density at radius 1 is 1.17 bits per heavy atom. The average Bonchev–Trinajstić information content (AvgIpc) is 2.69. The third-order valence-electron chi connectivity index (χ3n) is 3.84. The van der Waals surface area contributed by atoms with Gasteiger partial charge in [-0.15, -0.1) is 0 Å². The maximum atomic E-state index is 11.8. The largest absolute Gasteiger partial charge is 0.340 e. The second-order valence-electron chi connectivity index (χ2n) is 5.57. The molecule has 0 aromatic heterocycles. The lowest BCUT2D eigenvalue weighted by molar-refractivity contribution is -0.136. The van der Waals surface area contributed by atoms with Crippen molar-refractivity contribution < 1.29 is 13.2 Å². The number of rotatable bonds is 2. The van der Waals surface area contributed by atoms with Crippen LogP contribution in [0.3, 0.4) is 0 Å². The summed E-state index contributed by atoms with van der Waals surface area (Å²) in [6.07, 6.45) is 0.750. The zero-order valence-electron chi connectivity index (χ0n) is 11.1. The summed E-state index contributed by atoms with van der Waals surface area (Å²) in [5, 5.41) is 0. The van der Waals surface area contributed by atoms with Gasteiger partial charge in [-0.2, -0.15) is 0 Å². The SMILES string of the molecule is CC(C)C(=O)N1CCN(C2CCS(=O)(=O)C2)CC1. The number of nitrogens with zero attached hydrogens (tertiary/aromatic N) is 2. The normalized spacial score (nSPS) is 28.8. The van der Waals surface area contributed by atoms with E-state index in [0.29, 0.717) is 11.5 Å². The summed E-state index contributed by atoms with van der Waals surface area (Å²) in [7, 11) is -2.81. The fourth-order valence-electron chi connectivity index (χ4n) is 2.74. The standard InChI is InChI=1S/C12H22N2O3S/c1-10(2)12(15)14-6-4-13(5-7-14)11-3-8-18(16,17)9-11/h10-11H,3-9H2,1-2H3. The molecule has 2 heterocycles. The van der Waals surface area contributed by atoms with Crippen molar-refractivity contribution >= 4 is 15.7 Å². The summed E-state index contributed by atoms with van der Waals surface area (Å²) in [5.74, 6) is 0.866. The molecule has 5 nitrogen and oxygen atoms in total. The fraction of sp³-hybridized carbons (Fsp3) is 0.917. The van der Waals surface area contributed by atoms with Crippen LogP contribution in [0.1, 0.15) is 20.3 Å². The molecule has 0 spiro atoms. The molecule has 6 heteroatoms. The molecule has 2 aliphatic rings. The lowest BCUT2D eigenvalue weighted by atomic mass is 10.1. The van der Waals surface area contributed by atoms with E-state index in [1.807, 2.05) is 18.7 Å².